The van der Waals surface area contributed by atoms with Crippen LogP contribution < -0.4 is 43.7 Å². The Labute approximate surface area is 351 Å². The summed E-state index contributed by atoms with van der Waals surface area (Å²) in [6.07, 6.45) is 0. The average molecular weight is 741 g/mol. The Kier molecular flexibility index (Phi) is 8.02. The number of benzene rings is 10. The van der Waals surface area contributed by atoms with Crippen molar-refractivity contribution in [2.24, 2.45) is 0 Å². The van der Waals surface area contributed by atoms with Gasteiger partial charge < -0.3 is 4.42 Å². The second-order valence-corrected chi connectivity index (χ2v) is 17.0. The van der Waals surface area contributed by atoms with Gasteiger partial charge in [-0.2, -0.15) is 0 Å². The molecule has 268 valence electrons. The lowest BCUT2D eigenvalue weighted by Crippen LogP contribution is -2.50. The third-order valence-electron chi connectivity index (χ3n) is 14.3. The smallest absolute Gasteiger partial charge is 0.143 e. The summed E-state index contributed by atoms with van der Waals surface area (Å²) in [6.45, 7) is 0. The van der Waals surface area contributed by atoms with Crippen molar-refractivity contribution >= 4 is 182 Å². The second kappa shape index (κ2) is 13.2. The molecule has 0 bridgehead atoms. The zero-order valence-corrected chi connectivity index (χ0v) is 35.1. The summed E-state index contributed by atoms with van der Waals surface area (Å²) in [4.78, 5) is 0. The highest BCUT2D eigenvalue weighted by Crippen LogP contribution is 2.44. The maximum Gasteiger partial charge on any atom is 0.143 e. The summed E-state index contributed by atoms with van der Waals surface area (Å²) in [5.74, 6) is 0. The van der Waals surface area contributed by atoms with Gasteiger partial charge in [-0.25, -0.2) is 0 Å². The van der Waals surface area contributed by atoms with Gasteiger partial charge in [0.15, 0.2) is 0 Å². The average Bonchev–Trinajstić information content (AvgIpc) is 3.66. The maximum absolute atomic E-state index is 6.66. The van der Waals surface area contributed by atoms with Crippen LogP contribution in [0.5, 0.6) is 0 Å². The van der Waals surface area contributed by atoms with Crippen molar-refractivity contribution in [2.75, 3.05) is 0 Å². The third kappa shape index (κ3) is 5.10. The van der Waals surface area contributed by atoms with E-state index in [0.29, 0.717) is 0 Å². The SMILES string of the molecule is Bc1c(B)c(B)c2c(-c3ccc4oc5c6ccccc6ccc5c4c3)c3c(B)c(B)c(B)c(B)c3c(-c3cccc(-c4cc5ccccc5c5ccccc45)c3)c2c1B. The maximum atomic E-state index is 6.66. The van der Waals surface area contributed by atoms with E-state index in [1.54, 1.807) is 0 Å². The first-order valence-corrected chi connectivity index (χ1v) is 20.9. The molecule has 0 aliphatic carbocycles. The number of rotatable bonds is 3. The minimum atomic E-state index is 0.920. The van der Waals surface area contributed by atoms with E-state index in [-0.39, 0.29) is 0 Å². The molecular formula is C50H38B8O. The van der Waals surface area contributed by atoms with E-state index >= 15 is 0 Å². The first-order chi connectivity index (χ1) is 28.6. The lowest BCUT2D eigenvalue weighted by molar-refractivity contribution is 0.672. The Balaban J connectivity index is 1.28. The number of fused-ring (bicyclic) bond motifs is 10. The quantitative estimate of drug-likeness (QED) is 0.146. The number of hydrogen-bond acceptors (Lipinski definition) is 1. The molecule has 0 aliphatic rings. The lowest BCUT2D eigenvalue weighted by Gasteiger charge is -2.28. The Hall–Kier alpha value is -6.18. The molecule has 0 saturated carbocycles. The molecule has 0 fully saturated rings. The molecule has 0 aliphatic heterocycles. The van der Waals surface area contributed by atoms with Crippen LogP contribution in [0.3, 0.4) is 0 Å². The minimum absolute atomic E-state index is 0.920. The molecule has 0 saturated heterocycles. The van der Waals surface area contributed by atoms with Gasteiger partial charge in [0.1, 0.15) is 73.9 Å². The van der Waals surface area contributed by atoms with Crippen molar-refractivity contribution in [3.63, 3.8) is 0 Å². The normalized spacial score (nSPS) is 11.9. The minimum Gasteiger partial charge on any atom is -0.455 e. The van der Waals surface area contributed by atoms with Gasteiger partial charge in [-0.1, -0.05) is 125 Å². The van der Waals surface area contributed by atoms with E-state index in [9.17, 15) is 0 Å². The fraction of sp³-hybridized carbons (Fsp3) is 0. The first kappa shape index (κ1) is 35.9. The fourth-order valence-electron chi connectivity index (χ4n) is 10.5. The molecule has 1 aromatic heterocycles. The van der Waals surface area contributed by atoms with Crippen molar-refractivity contribution in [3.8, 4) is 33.4 Å². The Morgan fingerprint density at radius 1 is 0.305 bits per heavy atom. The lowest BCUT2D eigenvalue weighted by atomic mass is 9.59. The fourth-order valence-corrected chi connectivity index (χ4v) is 10.5. The van der Waals surface area contributed by atoms with Gasteiger partial charge in [0.25, 0.3) is 0 Å². The van der Waals surface area contributed by atoms with E-state index < -0.39 is 0 Å². The highest BCUT2D eigenvalue weighted by molar-refractivity contribution is 6.71. The summed E-state index contributed by atoms with van der Waals surface area (Å²) in [7, 11) is 18.7. The standard InChI is InChI=1S/C50H38B8O/c51-42-38-36(26-11-7-10-24(20-26)33-21-25-9-2-3-12-28(25)30-14-5-6-15-31(30)33)39-41(45(54)49(58)47(56)43(39)52)37(40(38)44(53)48(57)46(42)55)27-17-19-35-34(22-27)32-18-16-23-8-1-4-13-29(23)50(32)59-35/h1-22H,51-58H2. The molecule has 11 aromatic rings. The molecule has 0 amide bonds. The van der Waals surface area contributed by atoms with Crippen LogP contribution in [-0.4, -0.2) is 62.8 Å². The molecule has 10 aromatic carbocycles. The third-order valence-corrected chi connectivity index (χ3v) is 14.3. The molecule has 0 N–H and O–H groups in total. The van der Waals surface area contributed by atoms with Crippen molar-refractivity contribution in [1.29, 1.82) is 0 Å². The van der Waals surface area contributed by atoms with Gasteiger partial charge in [0.05, 0.1) is 0 Å². The van der Waals surface area contributed by atoms with Crippen LogP contribution in [0.25, 0.3) is 109 Å². The Bertz CT molecular complexity index is 3580. The molecule has 9 heteroatoms. The van der Waals surface area contributed by atoms with E-state index in [2.05, 4.69) is 196 Å². The zero-order valence-electron chi connectivity index (χ0n) is 35.1. The summed E-state index contributed by atoms with van der Waals surface area (Å²) in [6, 6.07) is 49.4. The van der Waals surface area contributed by atoms with Crippen molar-refractivity contribution < 1.29 is 4.42 Å². The Morgan fingerprint density at radius 3 is 1.44 bits per heavy atom. The van der Waals surface area contributed by atoms with Crippen molar-refractivity contribution in [2.45, 2.75) is 0 Å². The topological polar surface area (TPSA) is 13.1 Å². The van der Waals surface area contributed by atoms with Crippen LogP contribution in [0.1, 0.15) is 0 Å². The molecule has 0 atom stereocenters. The molecule has 11 rings (SSSR count). The number of furan rings is 1. The summed E-state index contributed by atoms with van der Waals surface area (Å²) < 4.78 is 6.66. The first-order valence-electron chi connectivity index (χ1n) is 20.9. The summed E-state index contributed by atoms with van der Waals surface area (Å²) in [5, 5.41) is 15.2. The molecule has 0 radical (unpaired) electrons. The van der Waals surface area contributed by atoms with Crippen LogP contribution >= 0.6 is 0 Å². The van der Waals surface area contributed by atoms with E-state index in [4.69, 9.17) is 4.42 Å². The van der Waals surface area contributed by atoms with Gasteiger partial charge in [-0.3, -0.25) is 0 Å². The van der Waals surface area contributed by atoms with Gasteiger partial charge in [-0.05, 0) is 112 Å². The predicted molar refractivity (Wildman–Crippen MR) is 283 cm³/mol. The highest BCUT2D eigenvalue weighted by atomic mass is 16.3. The number of hydrogen-bond donors (Lipinski definition) is 0. The van der Waals surface area contributed by atoms with Crippen LogP contribution in [0.4, 0.5) is 0 Å². The molecule has 0 spiro atoms. The van der Waals surface area contributed by atoms with Gasteiger partial charge in [0.2, 0.25) is 0 Å². The van der Waals surface area contributed by atoms with Crippen LogP contribution in [-0.2, 0) is 0 Å². The van der Waals surface area contributed by atoms with Crippen molar-refractivity contribution in [1.82, 2.24) is 0 Å². The van der Waals surface area contributed by atoms with Crippen LogP contribution in [0.2, 0.25) is 0 Å². The molecule has 0 unspecified atom stereocenters. The largest absolute Gasteiger partial charge is 0.455 e. The van der Waals surface area contributed by atoms with Gasteiger partial charge in [0, 0.05) is 16.2 Å². The van der Waals surface area contributed by atoms with Gasteiger partial charge >= 0.3 is 0 Å². The van der Waals surface area contributed by atoms with Gasteiger partial charge in [-0.15, -0.1) is 21.9 Å². The molecule has 1 nitrogen and oxygen atoms in total. The highest BCUT2D eigenvalue weighted by Gasteiger charge is 2.26. The Morgan fingerprint density at radius 2 is 0.814 bits per heavy atom. The zero-order chi connectivity index (χ0) is 40.4. The molecular weight excluding hydrogens is 703 g/mol. The molecule has 59 heavy (non-hydrogen) atoms. The van der Waals surface area contributed by atoms with E-state index in [0.717, 1.165) is 27.3 Å². The van der Waals surface area contributed by atoms with E-state index in [1.807, 2.05) is 0 Å². The van der Waals surface area contributed by atoms with Crippen LogP contribution in [0, 0.1) is 0 Å². The summed E-state index contributed by atoms with van der Waals surface area (Å²) >= 11 is 0. The predicted octanol–water partition coefficient (Wildman–Crippen LogP) is 0.420. The van der Waals surface area contributed by atoms with E-state index in [1.165, 1.54) is 126 Å². The summed E-state index contributed by atoms with van der Waals surface area (Å²) in [5.41, 5.74) is 20.3. The monoisotopic (exact) mass is 742 g/mol. The second-order valence-electron chi connectivity index (χ2n) is 17.0. The van der Waals surface area contributed by atoms with Crippen LogP contribution in [0.15, 0.2) is 138 Å². The van der Waals surface area contributed by atoms with Crippen molar-refractivity contribution in [3.05, 3.63) is 133 Å². The molecule has 1 heterocycles.